The number of hydrogen-bond donors (Lipinski definition) is 0. The number of carbonyl (C=O) groups is 2. The van der Waals surface area contributed by atoms with Crippen molar-refractivity contribution in [2.75, 3.05) is 40.1 Å². The second kappa shape index (κ2) is 12.2. The molecule has 0 spiro atoms. The normalized spacial score (nSPS) is 18.1. The van der Waals surface area contributed by atoms with Crippen molar-refractivity contribution in [2.45, 2.75) is 57.9 Å². The maximum Gasteiger partial charge on any atom is 0.411 e. The molecule has 2 aliphatic heterocycles. The Morgan fingerprint density at radius 1 is 0.973 bits per heavy atom. The number of nitrogens with zero attached hydrogens (tertiary/aromatic N) is 2. The van der Waals surface area contributed by atoms with E-state index in [0.717, 1.165) is 49.0 Å². The maximum absolute atomic E-state index is 13.6. The highest BCUT2D eigenvalue weighted by Crippen LogP contribution is 2.47. The van der Waals surface area contributed by atoms with Crippen LogP contribution in [0.1, 0.15) is 63.5 Å². The number of carbonyl (C=O) groups excluding carboxylic acids is 2. The minimum atomic E-state index is -0.766. The van der Waals surface area contributed by atoms with E-state index in [1.54, 1.807) is 12.0 Å². The Bertz CT molecular complexity index is 1060. The number of unbranched alkanes of at least 4 members (excludes halogenated alkanes) is 2. The van der Waals surface area contributed by atoms with Crippen LogP contribution in [-0.4, -0.2) is 61.9 Å². The van der Waals surface area contributed by atoms with Crippen LogP contribution in [0.5, 0.6) is 17.2 Å². The molecule has 1 atom stereocenters. The lowest BCUT2D eigenvalue weighted by molar-refractivity contribution is -0.134. The maximum atomic E-state index is 13.6. The van der Waals surface area contributed by atoms with Gasteiger partial charge in [-0.15, -0.1) is 0 Å². The molecule has 2 amide bonds. The standard InChI is InChI=1S/C29H38N2O6/c1-4-6-16-30(17-7-5-2)27(32)20-35-28(33)31-18-8-15-29(31,22-9-12-24(34-3)13-10-22)23-11-14-25-26(19-23)37-21-36-25/h9-14,19H,4-8,15-18,20-21H2,1-3H3/t29-/m1/s1. The Kier molecular flexibility index (Phi) is 8.79. The summed E-state index contributed by atoms with van der Waals surface area (Å²) in [4.78, 5) is 30.1. The molecule has 8 heteroatoms. The molecule has 0 bridgehead atoms. The van der Waals surface area contributed by atoms with Crippen molar-refractivity contribution in [2.24, 2.45) is 0 Å². The number of hydrogen-bond acceptors (Lipinski definition) is 6. The number of benzene rings is 2. The molecule has 1 saturated heterocycles. The molecule has 0 N–H and O–H groups in total. The molecule has 1 fully saturated rings. The molecule has 4 rings (SSSR count). The summed E-state index contributed by atoms with van der Waals surface area (Å²) in [5.41, 5.74) is 1.09. The van der Waals surface area contributed by atoms with Crippen LogP contribution in [0, 0.1) is 0 Å². The van der Waals surface area contributed by atoms with E-state index in [1.165, 1.54) is 0 Å². The first-order valence-corrected chi connectivity index (χ1v) is 13.3. The van der Waals surface area contributed by atoms with Crippen molar-refractivity contribution >= 4 is 12.0 Å². The topological polar surface area (TPSA) is 77.5 Å². The average molecular weight is 511 g/mol. The smallest absolute Gasteiger partial charge is 0.411 e. The largest absolute Gasteiger partial charge is 0.497 e. The molecule has 0 aromatic heterocycles. The summed E-state index contributed by atoms with van der Waals surface area (Å²) in [6.07, 6.45) is 4.88. The summed E-state index contributed by atoms with van der Waals surface area (Å²) in [7, 11) is 1.63. The molecule has 0 aliphatic carbocycles. The van der Waals surface area contributed by atoms with Crippen molar-refractivity contribution in [1.29, 1.82) is 0 Å². The van der Waals surface area contributed by atoms with Gasteiger partial charge in [-0.2, -0.15) is 0 Å². The van der Waals surface area contributed by atoms with Crippen molar-refractivity contribution in [1.82, 2.24) is 9.80 Å². The molecule has 0 radical (unpaired) electrons. The lowest BCUT2D eigenvalue weighted by atomic mass is 9.80. The van der Waals surface area contributed by atoms with E-state index < -0.39 is 11.6 Å². The summed E-state index contributed by atoms with van der Waals surface area (Å²) in [6, 6.07) is 13.6. The van der Waals surface area contributed by atoms with Crippen LogP contribution >= 0.6 is 0 Å². The van der Waals surface area contributed by atoms with E-state index >= 15 is 0 Å². The minimum Gasteiger partial charge on any atom is -0.497 e. The number of rotatable bonds is 11. The predicted molar refractivity (Wildman–Crippen MR) is 140 cm³/mol. The van der Waals surface area contributed by atoms with Crippen molar-refractivity contribution in [3.05, 3.63) is 53.6 Å². The van der Waals surface area contributed by atoms with Gasteiger partial charge in [0.25, 0.3) is 5.91 Å². The lowest BCUT2D eigenvalue weighted by Crippen LogP contribution is -2.47. The number of fused-ring (bicyclic) bond motifs is 1. The zero-order chi connectivity index (χ0) is 26.3. The first-order valence-electron chi connectivity index (χ1n) is 13.3. The minimum absolute atomic E-state index is 0.146. The van der Waals surface area contributed by atoms with Gasteiger partial charge >= 0.3 is 6.09 Å². The highest BCUT2D eigenvalue weighted by atomic mass is 16.7. The van der Waals surface area contributed by atoms with Gasteiger partial charge in [-0.05, 0) is 61.1 Å². The molecular weight excluding hydrogens is 472 g/mol. The van der Waals surface area contributed by atoms with Crippen molar-refractivity contribution in [3.8, 4) is 17.2 Å². The molecule has 200 valence electrons. The van der Waals surface area contributed by atoms with Crippen LogP contribution in [0.25, 0.3) is 0 Å². The van der Waals surface area contributed by atoms with Gasteiger partial charge in [0.2, 0.25) is 6.79 Å². The summed E-state index contributed by atoms with van der Waals surface area (Å²) in [5, 5.41) is 0. The lowest BCUT2D eigenvalue weighted by Gasteiger charge is -2.39. The Morgan fingerprint density at radius 3 is 2.32 bits per heavy atom. The van der Waals surface area contributed by atoms with Crippen LogP contribution in [-0.2, 0) is 15.1 Å². The first-order chi connectivity index (χ1) is 18.0. The van der Waals surface area contributed by atoms with Gasteiger partial charge < -0.3 is 23.8 Å². The zero-order valence-electron chi connectivity index (χ0n) is 22.2. The molecule has 37 heavy (non-hydrogen) atoms. The van der Waals surface area contributed by atoms with Crippen molar-refractivity contribution < 1.29 is 28.5 Å². The van der Waals surface area contributed by atoms with Gasteiger partial charge in [-0.3, -0.25) is 9.69 Å². The van der Waals surface area contributed by atoms with Crippen LogP contribution < -0.4 is 14.2 Å². The first kappa shape index (κ1) is 26.6. The Hall–Kier alpha value is -3.42. The third kappa shape index (κ3) is 5.63. The summed E-state index contributed by atoms with van der Waals surface area (Å²) >= 11 is 0. The second-order valence-corrected chi connectivity index (χ2v) is 9.55. The summed E-state index contributed by atoms with van der Waals surface area (Å²) in [5.74, 6) is 1.93. The number of methoxy groups -OCH3 is 1. The number of likely N-dealkylation sites (tertiary alicyclic amines) is 1. The van der Waals surface area contributed by atoms with Gasteiger partial charge in [0.15, 0.2) is 18.1 Å². The van der Waals surface area contributed by atoms with E-state index in [1.807, 2.05) is 47.4 Å². The van der Waals surface area contributed by atoms with E-state index in [9.17, 15) is 9.59 Å². The monoisotopic (exact) mass is 510 g/mol. The Labute approximate surface area is 219 Å². The molecule has 2 aromatic rings. The molecular formula is C29H38N2O6. The highest BCUT2D eigenvalue weighted by Gasteiger charge is 2.48. The number of amides is 2. The van der Waals surface area contributed by atoms with E-state index in [0.29, 0.717) is 37.6 Å². The third-order valence-corrected chi connectivity index (χ3v) is 7.25. The van der Waals surface area contributed by atoms with Gasteiger partial charge in [-0.25, -0.2) is 4.79 Å². The molecule has 8 nitrogen and oxygen atoms in total. The van der Waals surface area contributed by atoms with Gasteiger partial charge in [-0.1, -0.05) is 44.9 Å². The van der Waals surface area contributed by atoms with Crippen molar-refractivity contribution in [3.63, 3.8) is 0 Å². The highest BCUT2D eigenvalue weighted by molar-refractivity contribution is 5.81. The SMILES string of the molecule is CCCCN(CCCC)C(=O)COC(=O)N1CCC[C@@]1(c1ccc(OC)cc1)c1ccc2c(c1)OCO2. The number of ether oxygens (including phenoxy) is 4. The molecule has 0 saturated carbocycles. The molecule has 2 heterocycles. The quantitative estimate of drug-likeness (QED) is 0.407. The fourth-order valence-corrected chi connectivity index (χ4v) is 5.21. The van der Waals surface area contributed by atoms with Crippen LogP contribution in [0.15, 0.2) is 42.5 Å². The van der Waals surface area contributed by atoms with Gasteiger partial charge in [0, 0.05) is 19.6 Å². The van der Waals surface area contributed by atoms with Crippen LogP contribution in [0.4, 0.5) is 4.79 Å². The second-order valence-electron chi connectivity index (χ2n) is 9.55. The van der Waals surface area contributed by atoms with Gasteiger partial charge in [0.1, 0.15) is 5.75 Å². The summed E-state index contributed by atoms with van der Waals surface area (Å²) in [6.45, 7) is 6.00. The average Bonchev–Trinajstić information content (AvgIpc) is 3.59. The Balaban J connectivity index is 1.59. The van der Waals surface area contributed by atoms with Crippen LogP contribution in [0.2, 0.25) is 0 Å². The Morgan fingerprint density at radius 2 is 1.65 bits per heavy atom. The predicted octanol–water partition coefficient (Wildman–Crippen LogP) is 5.33. The van der Waals surface area contributed by atoms with E-state index in [2.05, 4.69) is 13.8 Å². The summed E-state index contributed by atoms with van der Waals surface area (Å²) < 4.78 is 22.2. The van der Waals surface area contributed by atoms with E-state index in [4.69, 9.17) is 18.9 Å². The molecule has 2 aromatic carbocycles. The third-order valence-electron chi connectivity index (χ3n) is 7.25. The zero-order valence-corrected chi connectivity index (χ0v) is 22.2. The van der Waals surface area contributed by atoms with Crippen LogP contribution in [0.3, 0.4) is 0 Å². The molecule has 0 unspecified atom stereocenters. The fraction of sp³-hybridized carbons (Fsp3) is 0.517. The fourth-order valence-electron chi connectivity index (χ4n) is 5.21. The van der Waals surface area contributed by atoms with Gasteiger partial charge in [0.05, 0.1) is 12.6 Å². The molecule has 2 aliphatic rings. The van der Waals surface area contributed by atoms with E-state index in [-0.39, 0.29) is 19.3 Å².